The number of thioether (sulfide) groups is 1. The molecule has 0 aliphatic rings. The van der Waals surface area contributed by atoms with Gasteiger partial charge in [0.2, 0.25) is 5.91 Å². The summed E-state index contributed by atoms with van der Waals surface area (Å²) < 4.78 is 24.2. The van der Waals surface area contributed by atoms with Gasteiger partial charge in [0.1, 0.15) is 0 Å². The van der Waals surface area contributed by atoms with Gasteiger partial charge in [-0.25, -0.2) is 8.42 Å². The van der Waals surface area contributed by atoms with E-state index in [1.807, 2.05) is 6.07 Å². The van der Waals surface area contributed by atoms with E-state index in [9.17, 15) is 13.2 Å². The minimum absolute atomic E-state index is 0.0817. The number of nitrogens with one attached hydrogen (secondary N) is 1. The van der Waals surface area contributed by atoms with Crippen molar-refractivity contribution in [2.45, 2.75) is 10.6 Å². The number of hydrogen-bond acceptors (Lipinski definition) is 4. The quantitative estimate of drug-likeness (QED) is 0.708. The molecule has 0 aliphatic carbocycles. The number of hydrogen-bond donors (Lipinski definition) is 1. The smallest absolute Gasteiger partial charge is 0.230 e. The predicted molar refractivity (Wildman–Crippen MR) is 104 cm³/mol. The van der Waals surface area contributed by atoms with Crippen LogP contribution in [0.25, 0.3) is 0 Å². The van der Waals surface area contributed by atoms with Gasteiger partial charge in [0.05, 0.1) is 16.4 Å². The van der Waals surface area contributed by atoms with Crippen molar-refractivity contribution in [3.8, 4) is 0 Å². The summed E-state index contributed by atoms with van der Waals surface area (Å²) in [4.78, 5) is 12.1. The van der Waals surface area contributed by atoms with Gasteiger partial charge in [-0.05, 0) is 29.8 Å². The van der Waals surface area contributed by atoms with Crippen molar-refractivity contribution >= 4 is 50.7 Å². The first-order chi connectivity index (χ1) is 11.9. The number of rotatable bonds is 8. The molecule has 0 heterocycles. The molecule has 0 bridgehead atoms. The van der Waals surface area contributed by atoms with Crippen LogP contribution in [0, 0.1) is 0 Å². The van der Waals surface area contributed by atoms with Crippen molar-refractivity contribution < 1.29 is 13.2 Å². The minimum Gasteiger partial charge on any atom is -0.354 e. The lowest BCUT2D eigenvalue weighted by molar-refractivity contribution is -0.118. The van der Waals surface area contributed by atoms with Crippen LogP contribution in [-0.4, -0.2) is 32.4 Å². The van der Waals surface area contributed by atoms with Crippen LogP contribution < -0.4 is 5.32 Å². The second-order valence-corrected chi connectivity index (χ2v) is 9.15. The molecule has 0 atom stereocenters. The molecule has 0 fully saturated rings. The van der Waals surface area contributed by atoms with E-state index in [1.54, 1.807) is 42.5 Å². The molecule has 0 saturated carbocycles. The van der Waals surface area contributed by atoms with Crippen molar-refractivity contribution in [3.05, 3.63) is 64.1 Å². The summed E-state index contributed by atoms with van der Waals surface area (Å²) in [7, 11) is -3.38. The van der Waals surface area contributed by atoms with Crippen LogP contribution in [0.1, 0.15) is 5.56 Å². The van der Waals surface area contributed by atoms with Crippen LogP contribution in [0.5, 0.6) is 0 Å². The molecule has 0 saturated heterocycles. The van der Waals surface area contributed by atoms with Gasteiger partial charge in [-0.1, -0.05) is 47.5 Å². The van der Waals surface area contributed by atoms with Gasteiger partial charge >= 0.3 is 0 Å². The Bertz CT molecular complexity index is 827. The standard InChI is InChI=1S/C17H17Cl2NO3S2/c18-14-7-6-13(16(19)10-14)11-24-12-17(21)20-8-9-25(22,23)15-4-2-1-3-5-15/h1-7,10H,8-9,11-12H2,(H,20,21). The summed E-state index contributed by atoms with van der Waals surface area (Å²) in [5.41, 5.74) is 0.899. The Morgan fingerprint density at radius 3 is 2.48 bits per heavy atom. The van der Waals surface area contributed by atoms with E-state index in [0.717, 1.165) is 5.56 Å². The van der Waals surface area contributed by atoms with Crippen molar-refractivity contribution in [1.82, 2.24) is 5.32 Å². The first-order valence-corrected chi connectivity index (χ1v) is 11.0. The monoisotopic (exact) mass is 417 g/mol. The Hall–Kier alpha value is -1.21. The second kappa shape index (κ2) is 9.48. The largest absolute Gasteiger partial charge is 0.354 e. The van der Waals surface area contributed by atoms with Crippen LogP contribution in [0.4, 0.5) is 0 Å². The Morgan fingerprint density at radius 1 is 1.08 bits per heavy atom. The second-order valence-electron chi connectivity index (χ2n) is 5.21. The number of sulfone groups is 1. The highest BCUT2D eigenvalue weighted by molar-refractivity contribution is 7.99. The summed E-state index contributed by atoms with van der Waals surface area (Å²) >= 11 is 13.3. The zero-order chi connectivity index (χ0) is 18.3. The number of carbonyl (C=O) groups is 1. The summed E-state index contributed by atoms with van der Waals surface area (Å²) in [5, 5.41) is 3.76. The van der Waals surface area contributed by atoms with Crippen LogP contribution in [0.15, 0.2) is 53.4 Å². The first kappa shape index (κ1) is 20.1. The molecule has 1 amide bonds. The molecule has 25 heavy (non-hydrogen) atoms. The number of benzene rings is 2. The van der Waals surface area contributed by atoms with Crippen LogP contribution in [-0.2, 0) is 20.4 Å². The minimum atomic E-state index is -3.38. The fourth-order valence-corrected chi connectivity index (χ4v) is 4.61. The highest BCUT2D eigenvalue weighted by Gasteiger charge is 2.14. The fraction of sp³-hybridized carbons (Fsp3) is 0.235. The van der Waals surface area contributed by atoms with E-state index in [2.05, 4.69) is 5.32 Å². The average Bonchev–Trinajstić information content (AvgIpc) is 2.57. The zero-order valence-electron chi connectivity index (χ0n) is 13.2. The lowest BCUT2D eigenvalue weighted by Gasteiger charge is -2.07. The number of amides is 1. The fourth-order valence-electron chi connectivity index (χ4n) is 2.01. The maximum absolute atomic E-state index is 12.1. The maximum atomic E-state index is 12.1. The third-order valence-electron chi connectivity index (χ3n) is 3.30. The van der Waals surface area contributed by atoms with E-state index in [0.29, 0.717) is 15.8 Å². The van der Waals surface area contributed by atoms with Crippen molar-refractivity contribution in [2.24, 2.45) is 0 Å². The lowest BCUT2D eigenvalue weighted by Crippen LogP contribution is -2.30. The van der Waals surface area contributed by atoms with Gasteiger partial charge in [0.25, 0.3) is 0 Å². The Labute approximate surface area is 161 Å². The molecular weight excluding hydrogens is 401 g/mol. The molecule has 2 aromatic rings. The molecule has 2 rings (SSSR count). The number of carbonyl (C=O) groups excluding carboxylic acids is 1. The summed E-state index contributed by atoms with van der Waals surface area (Å²) in [6.07, 6.45) is 0. The maximum Gasteiger partial charge on any atom is 0.230 e. The van der Waals surface area contributed by atoms with E-state index in [-0.39, 0.29) is 28.9 Å². The van der Waals surface area contributed by atoms with Crippen LogP contribution in [0.3, 0.4) is 0 Å². The Morgan fingerprint density at radius 2 is 1.80 bits per heavy atom. The lowest BCUT2D eigenvalue weighted by atomic mass is 10.2. The normalized spacial score (nSPS) is 11.3. The van der Waals surface area contributed by atoms with Crippen LogP contribution >= 0.6 is 35.0 Å². The van der Waals surface area contributed by atoms with Gasteiger partial charge in [-0.2, -0.15) is 0 Å². The highest BCUT2D eigenvalue weighted by Crippen LogP contribution is 2.24. The van der Waals surface area contributed by atoms with Crippen molar-refractivity contribution in [3.63, 3.8) is 0 Å². The van der Waals surface area contributed by atoms with E-state index < -0.39 is 9.84 Å². The Kier molecular flexibility index (Phi) is 7.62. The molecule has 4 nitrogen and oxygen atoms in total. The molecular formula is C17H17Cl2NO3S2. The SMILES string of the molecule is O=C(CSCc1ccc(Cl)cc1Cl)NCCS(=O)(=O)c1ccccc1. The van der Waals surface area contributed by atoms with Gasteiger partial charge in [0.15, 0.2) is 9.84 Å². The summed E-state index contributed by atoms with van der Waals surface area (Å²) in [5.74, 6) is 0.463. The third kappa shape index (κ3) is 6.55. The van der Waals surface area contributed by atoms with Crippen LogP contribution in [0.2, 0.25) is 10.0 Å². The average molecular weight is 418 g/mol. The summed E-state index contributed by atoms with van der Waals surface area (Å²) in [6, 6.07) is 13.4. The van der Waals surface area contributed by atoms with Gasteiger partial charge < -0.3 is 5.32 Å². The van der Waals surface area contributed by atoms with Crippen molar-refractivity contribution in [2.75, 3.05) is 18.1 Å². The molecule has 0 aliphatic heterocycles. The first-order valence-electron chi connectivity index (χ1n) is 7.44. The molecule has 1 N–H and O–H groups in total. The highest BCUT2D eigenvalue weighted by atomic mass is 35.5. The van der Waals surface area contributed by atoms with Crippen molar-refractivity contribution in [1.29, 1.82) is 0 Å². The third-order valence-corrected chi connectivity index (χ3v) is 6.60. The topological polar surface area (TPSA) is 63.2 Å². The molecule has 2 aromatic carbocycles. The molecule has 0 aromatic heterocycles. The number of halogens is 2. The predicted octanol–water partition coefficient (Wildman–Crippen LogP) is 3.82. The van der Waals surface area contributed by atoms with E-state index in [1.165, 1.54) is 11.8 Å². The van der Waals surface area contributed by atoms with Gasteiger partial charge in [-0.15, -0.1) is 11.8 Å². The van der Waals surface area contributed by atoms with E-state index in [4.69, 9.17) is 23.2 Å². The molecule has 0 unspecified atom stereocenters. The molecule has 0 radical (unpaired) electrons. The van der Waals surface area contributed by atoms with Gasteiger partial charge in [0, 0.05) is 22.3 Å². The van der Waals surface area contributed by atoms with E-state index >= 15 is 0 Å². The Balaban J connectivity index is 1.72. The zero-order valence-corrected chi connectivity index (χ0v) is 16.4. The molecule has 134 valence electrons. The van der Waals surface area contributed by atoms with Gasteiger partial charge in [-0.3, -0.25) is 4.79 Å². The summed E-state index contributed by atoms with van der Waals surface area (Å²) in [6.45, 7) is 0.0817. The molecule has 0 spiro atoms. The molecule has 8 heteroatoms.